The number of nitrogens with one attached hydrogen (secondary N) is 2. The van der Waals surface area contributed by atoms with Crippen molar-refractivity contribution in [1.82, 2.24) is 9.97 Å². The predicted molar refractivity (Wildman–Crippen MR) is 94.6 cm³/mol. The number of nitrogens with two attached hydrogens (primary N) is 1. The highest BCUT2D eigenvalue weighted by Crippen LogP contribution is 2.26. The summed E-state index contributed by atoms with van der Waals surface area (Å²) in [7, 11) is 0. The minimum atomic E-state index is -0.949. The van der Waals surface area contributed by atoms with Crippen LogP contribution in [0.5, 0.6) is 0 Å². The normalized spacial score (nSPS) is 10.5. The molecule has 2 aromatic carbocycles. The van der Waals surface area contributed by atoms with Crippen molar-refractivity contribution >= 4 is 23.0 Å². The lowest BCUT2D eigenvalue weighted by Gasteiger charge is -2.13. The molecule has 0 aliphatic rings. The molecule has 4 N–H and O–H groups in total. The third kappa shape index (κ3) is 4.00. The summed E-state index contributed by atoms with van der Waals surface area (Å²) >= 11 is 0. The number of nitrogens with zero attached hydrogens (tertiary/aromatic N) is 2. The Kier molecular flexibility index (Phi) is 4.74. The van der Waals surface area contributed by atoms with Gasteiger partial charge >= 0.3 is 0 Å². The van der Waals surface area contributed by atoms with E-state index in [9.17, 15) is 8.78 Å². The number of hydrogen-bond donors (Lipinski definition) is 3. The Labute approximate surface area is 143 Å². The molecule has 0 saturated heterocycles. The summed E-state index contributed by atoms with van der Waals surface area (Å²) in [5, 5.41) is 6.01. The maximum atomic E-state index is 13.3. The van der Waals surface area contributed by atoms with Gasteiger partial charge in [-0.3, -0.25) is 0 Å². The number of aromatic nitrogens is 2. The molecule has 0 atom stereocenters. The zero-order valence-electron chi connectivity index (χ0n) is 13.6. The first-order chi connectivity index (χ1) is 12.0. The Balaban J connectivity index is 1.75. The lowest BCUT2D eigenvalue weighted by molar-refractivity contribution is 0.509. The maximum absolute atomic E-state index is 13.3. The van der Waals surface area contributed by atoms with Crippen LogP contribution in [0.2, 0.25) is 0 Å². The Hall–Kier alpha value is -3.22. The topological polar surface area (TPSA) is 75.9 Å². The molecule has 0 amide bonds. The molecule has 3 aromatic rings. The van der Waals surface area contributed by atoms with Gasteiger partial charge in [-0.15, -0.1) is 0 Å². The van der Waals surface area contributed by atoms with Crippen molar-refractivity contribution in [3.05, 3.63) is 71.6 Å². The quantitative estimate of drug-likeness (QED) is 0.654. The molecule has 0 radical (unpaired) electrons. The van der Waals surface area contributed by atoms with Crippen molar-refractivity contribution in [2.75, 3.05) is 16.4 Å². The monoisotopic (exact) mass is 341 g/mol. The Bertz CT molecular complexity index is 881. The van der Waals surface area contributed by atoms with Gasteiger partial charge in [-0.2, -0.15) is 0 Å². The average Bonchev–Trinajstić information content (AvgIpc) is 2.60. The van der Waals surface area contributed by atoms with Crippen LogP contribution in [0.25, 0.3) is 0 Å². The van der Waals surface area contributed by atoms with E-state index in [1.54, 1.807) is 0 Å². The molecule has 0 unspecified atom stereocenters. The summed E-state index contributed by atoms with van der Waals surface area (Å²) < 4.78 is 26.3. The van der Waals surface area contributed by atoms with E-state index in [4.69, 9.17) is 5.73 Å². The zero-order chi connectivity index (χ0) is 17.8. The predicted octanol–water partition coefficient (Wildman–Crippen LogP) is 4.00. The van der Waals surface area contributed by atoms with E-state index >= 15 is 0 Å². The van der Waals surface area contributed by atoms with Gasteiger partial charge in [0.05, 0.1) is 0 Å². The second kappa shape index (κ2) is 7.12. The third-order valence-corrected chi connectivity index (χ3v) is 3.65. The highest BCUT2D eigenvalue weighted by atomic mass is 19.2. The summed E-state index contributed by atoms with van der Waals surface area (Å²) in [4.78, 5) is 8.17. The van der Waals surface area contributed by atoms with E-state index in [0.717, 1.165) is 17.7 Å². The molecule has 7 heteroatoms. The van der Waals surface area contributed by atoms with Gasteiger partial charge in [-0.1, -0.05) is 29.8 Å². The number of hydrogen-bond acceptors (Lipinski definition) is 5. The van der Waals surface area contributed by atoms with Crippen LogP contribution in [0.15, 0.2) is 48.8 Å². The Morgan fingerprint density at radius 2 is 1.68 bits per heavy atom. The molecule has 1 heterocycles. The highest BCUT2D eigenvalue weighted by molar-refractivity contribution is 5.77. The molecular formula is C18H17F2N5. The smallest absolute Gasteiger partial charge is 0.160 e. The molecule has 128 valence electrons. The van der Waals surface area contributed by atoms with Gasteiger partial charge in [-0.25, -0.2) is 18.7 Å². The zero-order valence-corrected chi connectivity index (χ0v) is 13.6. The van der Waals surface area contributed by atoms with E-state index in [-0.39, 0.29) is 0 Å². The third-order valence-electron chi connectivity index (χ3n) is 3.65. The Morgan fingerprint density at radius 1 is 0.960 bits per heavy atom. The molecule has 0 bridgehead atoms. The fourth-order valence-electron chi connectivity index (χ4n) is 2.24. The number of halogens is 2. The van der Waals surface area contributed by atoms with Crippen molar-refractivity contribution in [2.45, 2.75) is 13.5 Å². The summed E-state index contributed by atoms with van der Waals surface area (Å²) in [6.07, 6.45) is 1.34. The number of aryl methyl sites for hydroxylation is 1. The van der Waals surface area contributed by atoms with Crippen molar-refractivity contribution in [1.29, 1.82) is 0 Å². The van der Waals surface area contributed by atoms with E-state index in [2.05, 4.69) is 20.6 Å². The Morgan fingerprint density at radius 3 is 2.40 bits per heavy atom. The highest BCUT2D eigenvalue weighted by Gasteiger charge is 2.10. The van der Waals surface area contributed by atoms with Crippen LogP contribution in [0.1, 0.15) is 11.1 Å². The molecule has 25 heavy (non-hydrogen) atoms. The van der Waals surface area contributed by atoms with Crippen LogP contribution in [0, 0.1) is 18.6 Å². The molecule has 0 aliphatic carbocycles. The lowest BCUT2D eigenvalue weighted by Crippen LogP contribution is -2.08. The average molecular weight is 341 g/mol. The van der Waals surface area contributed by atoms with Crippen LogP contribution in [-0.4, -0.2) is 9.97 Å². The molecule has 0 saturated carbocycles. The number of nitrogen functional groups attached to an aromatic ring is 1. The van der Waals surface area contributed by atoms with Crippen molar-refractivity contribution in [2.24, 2.45) is 0 Å². The second-order valence-electron chi connectivity index (χ2n) is 5.58. The van der Waals surface area contributed by atoms with Gasteiger partial charge in [0.1, 0.15) is 12.0 Å². The van der Waals surface area contributed by atoms with E-state index in [1.807, 2.05) is 31.2 Å². The van der Waals surface area contributed by atoms with Gasteiger partial charge in [-0.05, 0) is 24.6 Å². The van der Waals surface area contributed by atoms with Crippen LogP contribution in [0.3, 0.4) is 0 Å². The largest absolute Gasteiger partial charge is 0.393 e. The maximum Gasteiger partial charge on any atom is 0.160 e. The van der Waals surface area contributed by atoms with Gasteiger partial charge in [0.25, 0.3) is 0 Å². The molecule has 0 aliphatic heterocycles. The molecule has 5 nitrogen and oxygen atoms in total. The van der Waals surface area contributed by atoms with E-state index < -0.39 is 11.6 Å². The summed E-state index contributed by atoms with van der Waals surface area (Å²) in [6.45, 7) is 2.57. The number of anilines is 4. The van der Waals surface area contributed by atoms with Crippen LogP contribution in [-0.2, 0) is 6.54 Å². The number of benzene rings is 2. The first-order valence-corrected chi connectivity index (χ1v) is 7.65. The minimum Gasteiger partial charge on any atom is -0.393 e. The second-order valence-corrected chi connectivity index (χ2v) is 5.58. The molecule has 0 fully saturated rings. The minimum absolute atomic E-state index is 0.291. The van der Waals surface area contributed by atoms with Crippen LogP contribution >= 0.6 is 0 Å². The fourth-order valence-corrected chi connectivity index (χ4v) is 2.24. The lowest BCUT2D eigenvalue weighted by atomic mass is 10.1. The summed E-state index contributed by atoms with van der Waals surface area (Å²) in [5.74, 6) is -1.09. The summed E-state index contributed by atoms with van der Waals surface area (Å²) in [5.41, 5.74) is 8.97. The van der Waals surface area contributed by atoms with E-state index in [1.165, 1.54) is 18.0 Å². The van der Waals surface area contributed by atoms with Crippen molar-refractivity contribution in [3.63, 3.8) is 0 Å². The fraction of sp³-hybridized carbons (Fsp3) is 0.111. The van der Waals surface area contributed by atoms with Gasteiger partial charge < -0.3 is 16.4 Å². The standard InChI is InChI=1S/C18H17F2N5/c1-11-2-4-12(5-3-11)9-22-17-16(21)18(24-10-23-17)25-13-6-7-14(19)15(20)8-13/h2-8,10H,9,21H2,1H3,(H2,22,23,24,25). The first kappa shape index (κ1) is 16.6. The molecule has 0 spiro atoms. The van der Waals surface area contributed by atoms with Gasteiger partial charge in [0.2, 0.25) is 0 Å². The van der Waals surface area contributed by atoms with E-state index in [0.29, 0.717) is 29.6 Å². The number of rotatable bonds is 5. The molecule has 1 aromatic heterocycles. The van der Waals surface area contributed by atoms with Crippen molar-refractivity contribution in [3.8, 4) is 0 Å². The van der Waals surface area contributed by atoms with Crippen LogP contribution in [0.4, 0.5) is 31.8 Å². The van der Waals surface area contributed by atoms with Gasteiger partial charge in [0, 0.05) is 18.3 Å². The summed E-state index contributed by atoms with van der Waals surface area (Å²) in [6, 6.07) is 11.6. The molecular weight excluding hydrogens is 324 g/mol. The van der Waals surface area contributed by atoms with Crippen molar-refractivity contribution < 1.29 is 8.78 Å². The first-order valence-electron chi connectivity index (χ1n) is 7.65. The SMILES string of the molecule is Cc1ccc(CNc2ncnc(Nc3ccc(F)c(F)c3)c2N)cc1. The van der Waals surface area contributed by atoms with Gasteiger partial charge in [0.15, 0.2) is 23.3 Å². The van der Waals surface area contributed by atoms with Crippen LogP contribution < -0.4 is 16.4 Å². The molecule has 3 rings (SSSR count).